The van der Waals surface area contributed by atoms with E-state index in [4.69, 9.17) is 38.0 Å². The smallest absolute Gasteiger partial charge is 0.338 e. The topological polar surface area (TPSA) is 161 Å². The maximum Gasteiger partial charge on any atom is 0.338 e. The molecule has 4 aliphatic rings. The van der Waals surface area contributed by atoms with E-state index < -0.39 is 36.6 Å². The second-order valence-electron chi connectivity index (χ2n) is 12.3. The molecule has 1 amide bonds. The first-order valence-corrected chi connectivity index (χ1v) is 16.0. The van der Waals surface area contributed by atoms with Gasteiger partial charge in [0.25, 0.3) is 0 Å². The normalized spacial score (nSPS) is 27.6. The molecular weight excluding hydrogens is 628 g/mol. The summed E-state index contributed by atoms with van der Waals surface area (Å²) in [6, 6.07) is 6.27. The molecule has 6 rings (SSSR count). The van der Waals surface area contributed by atoms with Crippen molar-refractivity contribution in [3.8, 4) is 34.1 Å². The van der Waals surface area contributed by atoms with Crippen LogP contribution in [-0.2, 0) is 35.1 Å². The molecular formula is C34H42N2O12. The van der Waals surface area contributed by atoms with E-state index in [0.717, 1.165) is 17.5 Å². The van der Waals surface area contributed by atoms with E-state index in [1.54, 1.807) is 26.4 Å². The molecule has 14 nitrogen and oxygen atoms in total. The maximum absolute atomic E-state index is 13.6. The molecule has 3 unspecified atom stereocenters. The first kappa shape index (κ1) is 33.9. The van der Waals surface area contributed by atoms with Gasteiger partial charge in [-0.2, -0.15) is 5.06 Å². The molecule has 0 aromatic heterocycles. The minimum atomic E-state index is -1.26. The van der Waals surface area contributed by atoms with Crippen LogP contribution in [-0.4, -0.2) is 101 Å². The molecule has 0 radical (unpaired) electrons. The van der Waals surface area contributed by atoms with Crippen molar-refractivity contribution in [2.75, 3.05) is 48.7 Å². The van der Waals surface area contributed by atoms with Crippen molar-refractivity contribution < 1.29 is 52.7 Å². The monoisotopic (exact) mass is 670 g/mol. The minimum absolute atomic E-state index is 0.0441. The van der Waals surface area contributed by atoms with Gasteiger partial charge in [0.2, 0.25) is 17.1 Å². The lowest BCUT2D eigenvalue weighted by molar-refractivity contribution is -0.254. The predicted molar refractivity (Wildman–Crippen MR) is 169 cm³/mol. The van der Waals surface area contributed by atoms with E-state index in [1.165, 1.54) is 32.5 Å². The fraction of sp³-hybridized carbons (Fsp3) is 0.559. The average molecular weight is 671 g/mol. The van der Waals surface area contributed by atoms with Crippen LogP contribution in [0.5, 0.6) is 23.0 Å². The van der Waals surface area contributed by atoms with Crippen molar-refractivity contribution in [2.45, 2.75) is 68.8 Å². The van der Waals surface area contributed by atoms with Gasteiger partial charge in [0.1, 0.15) is 25.0 Å². The number of rotatable bonds is 10. The Bertz CT molecular complexity index is 1590. The predicted octanol–water partition coefficient (Wildman–Crippen LogP) is 1.91. The number of carbonyl (C=O) groups excluding carboxylic acids is 2. The summed E-state index contributed by atoms with van der Waals surface area (Å²) in [6.45, 7) is 0.238. The molecule has 3 saturated heterocycles. The van der Waals surface area contributed by atoms with Crippen molar-refractivity contribution in [2.24, 2.45) is 5.92 Å². The molecule has 2 aromatic rings. The van der Waals surface area contributed by atoms with Gasteiger partial charge in [0, 0.05) is 17.9 Å². The number of ether oxygens (including phenoxy) is 7. The van der Waals surface area contributed by atoms with Crippen LogP contribution in [0, 0.1) is 5.92 Å². The average Bonchev–Trinajstić information content (AvgIpc) is 3.52. The van der Waals surface area contributed by atoms with Gasteiger partial charge in [0.05, 0.1) is 54.3 Å². The third-order valence-corrected chi connectivity index (χ3v) is 9.71. The summed E-state index contributed by atoms with van der Waals surface area (Å²) >= 11 is 0. The van der Waals surface area contributed by atoms with Gasteiger partial charge in [-0.05, 0) is 60.6 Å². The quantitative estimate of drug-likeness (QED) is 0.279. The Morgan fingerprint density at radius 3 is 2.38 bits per heavy atom. The summed E-state index contributed by atoms with van der Waals surface area (Å²) in [7, 11) is 7.56. The second kappa shape index (κ2) is 14.3. The molecule has 0 spiro atoms. The van der Waals surface area contributed by atoms with Gasteiger partial charge >= 0.3 is 5.97 Å². The first-order valence-electron chi connectivity index (χ1n) is 16.0. The highest BCUT2D eigenvalue weighted by molar-refractivity contribution is 5.84. The van der Waals surface area contributed by atoms with Crippen molar-refractivity contribution >= 4 is 11.9 Å². The van der Waals surface area contributed by atoms with Gasteiger partial charge in [0.15, 0.2) is 23.4 Å². The van der Waals surface area contributed by atoms with Crippen molar-refractivity contribution in [3.05, 3.63) is 45.6 Å². The number of fused-ring (bicyclic) bond motifs is 4. The number of methoxy groups -OCH3 is 4. The lowest BCUT2D eigenvalue weighted by Gasteiger charge is -2.37. The van der Waals surface area contributed by atoms with Crippen LogP contribution < -0.4 is 29.7 Å². The Balaban J connectivity index is 1.18. The lowest BCUT2D eigenvalue weighted by Crippen LogP contribution is -2.47. The highest BCUT2D eigenvalue weighted by atomic mass is 16.7. The number of nitrogens with zero attached hydrogens (tertiary/aromatic N) is 1. The highest BCUT2D eigenvalue weighted by Gasteiger charge is 2.52. The summed E-state index contributed by atoms with van der Waals surface area (Å²) in [6.07, 6.45) is -0.187. The number of nitrogens with one attached hydrogen (secondary N) is 1. The number of benzene rings is 1. The molecule has 2 aromatic carbocycles. The molecule has 260 valence electrons. The Kier molecular flexibility index (Phi) is 10.1. The SMILES string of the molecule is COc1cc2c(c(OC)c1OC)-c1ccc(OC)c(=O)cc1[C@@H](NC(=O)CN(OC)[C@H]1CC[C@@H](C3CC4OC(=O)[C@H](O)C4O3)CO1)CC2. The number of aryl methyl sites for hydroxylation is 1. The number of hydrogen-bond acceptors (Lipinski definition) is 13. The Morgan fingerprint density at radius 2 is 1.73 bits per heavy atom. The summed E-state index contributed by atoms with van der Waals surface area (Å²) in [4.78, 5) is 44.1. The molecule has 0 bridgehead atoms. The Morgan fingerprint density at radius 1 is 0.958 bits per heavy atom. The zero-order valence-electron chi connectivity index (χ0n) is 27.7. The number of aliphatic hydroxyl groups is 1. The summed E-state index contributed by atoms with van der Waals surface area (Å²) in [5.41, 5.74) is 2.62. The summed E-state index contributed by atoms with van der Waals surface area (Å²) in [5, 5.41) is 14.7. The number of aliphatic hydroxyl groups excluding tert-OH is 1. The van der Waals surface area contributed by atoms with Crippen LogP contribution >= 0.6 is 0 Å². The van der Waals surface area contributed by atoms with Crippen molar-refractivity contribution in [1.29, 1.82) is 0 Å². The molecule has 48 heavy (non-hydrogen) atoms. The van der Waals surface area contributed by atoms with Crippen molar-refractivity contribution in [1.82, 2.24) is 10.4 Å². The van der Waals surface area contributed by atoms with E-state index in [1.807, 2.05) is 6.07 Å². The molecule has 0 saturated carbocycles. The van der Waals surface area contributed by atoms with E-state index in [0.29, 0.717) is 60.7 Å². The molecule has 2 N–H and O–H groups in total. The van der Waals surface area contributed by atoms with Gasteiger partial charge < -0.3 is 43.6 Å². The van der Waals surface area contributed by atoms with Crippen LogP contribution in [0.4, 0.5) is 0 Å². The maximum atomic E-state index is 13.6. The van der Waals surface area contributed by atoms with Crippen molar-refractivity contribution in [3.63, 3.8) is 0 Å². The van der Waals surface area contributed by atoms with Gasteiger partial charge in [-0.15, -0.1) is 0 Å². The molecule has 3 heterocycles. The fourth-order valence-corrected chi connectivity index (χ4v) is 7.32. The summed E-state index contributed by atoms with van der Waals surface area (Å²) in [5.74, 6) is 0.630. The van der Waals surface area contributed by atoms with Crippen LogP contribution in [0.3, 0.4) is 0 Å². The lowest BCUT2D eigenvalue weighted by atomic mass is 9.92. The van der Waals surface area contributed by atoms with E-state index in [2.05, 4.69) is 5.32 Å². The Hall–Kier alpha value is -3.95. The van der Waals surface area contributed by atoms with E-state index in [9.17, 15) is 19.5 Å². The van der Waals surface area contributed by atoms with Gasteiger partial charge in [-0.1, -0.05) is 6.07 Å². The molecule has 14 heteroatoms. The largest absolute Gasteiger partial charge is 0.493 e. The Labute approximate surface area is 278 Å². The second-order valence-corrected chi connectivity index (χ2v) is 12.3. The molecule has 3 fully saturated rings. The number of hydroxylamine groups is 2. The number of carbonyl (C=O) groups is 2. The van der Waals surface area contributed by atoms with Crippen LogP contribution in [0.1, 0.15) is 42.9 Å². The van der Waals surface area contributed by atoms with Crippen LogP contribution in [0.2, 0.25) is 0 Å². The van der Waals surface area contributed by atoms with Gasteiger partial charge in [-0.25, -0.2) is 4.79 Å². The number of amides is 1. The standard InChI is InChI=1S/C34H42N2O12/c1-41-23-10-8-19-20(13-22(23)37)21(9-6-17-12-25(42-2)32(43-3)33(44-4)29(17)19)35-27(38)15-36(45-5)28-11-7-18(16-46-28)24-14-26-31(47-24)30(39)34(40)48-26/h8,10,12-13,18,21,24,26,28,30-31,39H,6-7,9,11,14-16H2,1-5H3,(H,35,38)/t18-,21+,24?,26?,28-,30-,31?/m1/s1. The summed E-state index contributed by atoms with van der Waals surface area (Å²) < 4.78 is 39.8. The fourth-order valence-electron chi connectivity index (χ4n) is 7.32. The minimum Gasteiger partial charge on any atom is -0.493 e. The molecule has 7 atom stereocenters. The zero-order valence-corrected chi connectivity index (χ0v) is 27.7. The van der Waals surface area contributed by atoms with Gasteiger partial charge in [-0.3, -0.25) is 14.4 Å². The first-order chi connectivity index (χ1) is 23.2. The van der Waals surface area contributed by atoms with E-state index >= 15 is 0 Å². The molecule has 1 aliphatic carbocycles. The zero-order chi connectivity index (χ0) is 34.1. The van der Waals surface area contributed by atoms with Crippen LogP contribution in [0.15, 0.2) is 29.1 Å². The van der Waals surface area contributed by atoms with E-state index in [-0.39, 0.29) is 35.7 Å². The molecule has 3 aliphatic heterocycles. The third kappa shape index (κ3) is 6.30. The number of esters is 1. The highest BCUT2D eigenvalue weighted by Crippen LogP contribution is 2.50. The number of hydrogen-bond donors (Lipinski definition) is 2. The van der Waals surface area contributed by atoms with Crippen LogP contribution in [0.25, 0.3) is 11.1 Å². The third-order valence-electron chi connectivity index (χ3n) is 9.71.